The van der Waals surface area contributed by atoms with Gasteiger partial charge in [0, 0.05) is 19.2 Å². The zero-order chi connectivity index (χ0) is 14.8. The fraction of sp³-hybridized carbons (Fsp3) is 0.786. The summed E-state index contributed by atoms with van der Waals surface area (Å²) in [6.07, 6.45) is 3.03. The molecule has 6 nitrogen and oxygen atoms in total. The Morgan fingerprint density at radius 2 is 2.05 bits per heavy atom. The molecule has 1 rings (SSSR count). The van der Waals surface area contributed by atoms with Gasteiger partial charge in [0.05, 0.1) is 32.1 Å². The van der Waals surface area contributed by atoms with Gasteiger partial charge in [-0.3, -0.25) is 0 Å². The Morgan fingerprint density at radius 1 is 1.30 bits per heavy atom. The number of Topliss-reactive ketones (excluding diaryl/α,β-unsaturated/α-hetero) is 1. The number of aryl methyl sites for hydroxylation is 1. The molecular weight excluding hydrogens is 258 g/mol. The molecule has 0 atom stereocenters. The zero-order valence-corrected chi connectivity index (χ0v) is 12.7. The van der Waals surface area contributed by atoms with Crippen molar-refractivity contribution in [3.05, 3.63) is 11.9 Å². The second-order valence-corrected chi connectivity index (χ2v) is 5.26. The lowest BCUT2D eigenvalue weighted by atomic mass is 10.2. The Morgan fingerprint density at radius 3 is 2.75 bits per heavy atom. The van der Waals surface area contributed by atoms with E-state index in [-0.39, 0.29) is 5.78 Å². The lowest BCUT2D eigenvalue weighted by molar-refractivity contribution is -0.116. The highest BCUT2D eigenvalue weighted by Crippen LogP contribution is 1.99. The minimum absolute atomic E-state index is 0.171. The Bertz CT molecular complexity index is 391. The first-order valence-corrected chi connectivity index (χ1v) is 7.12. The second kappa shape index (κ2) is 9.61. The third-order valence-electron chi connectivity index (χ3n) is 2.61. The lowest BCUT2D eigenvalue weighted by Gasteiger charge is -2.07. The van der Waals surface area contributed by atoms with Crippen LogP contribution in [0.25, 0.3) is 0 Å². The summed E-state index contributed by atoms with van der Waals surface area (Å²) in [6.45, 7) is 9.06. The first kappa shape index (κ1) is 16.8. The summed E-state index contributed by atoms with van der Waals surface area (Å²) < 4.78 is 12.6. The van der Waals surface area contributed by atoms with Gasteiger partial charge in [0.15, 0.2) is 0 Å². The molecule has 114 valence electrons. The molecule has 1 aromatic rings. The summed E-state index contributed by atoms with van der Waals surface area (Å²) in [5.41, 5.74) is 0.848. The number of nitrogens with zero attached hydrogens (tertiary/aromatic N) is 3. The third-order valence-corrected chi connectivity index (χ3v) is 2.61. The third kappa shape index (κ3) is 8.01. The molecule has 0 amide bonds. The molecule has 0 bridgehead atoms. The van der Waals surface area contributed by atoms with Crippen LogP contribution in [0.2, 0.25) is 0 Å². The van der Waals surface area contributed by atoms with Crippen LogP contribution in [0.15, 0.2) is 6.20 Å². The van der Waals surface area contributed by atoms with Gasteiger partial charge in [-0.2, -0.15) is 0 Å². The number of carbonyl (C=O) groups excluding carboxylic acids is 1. The van der Waals surface area contributed by atoms with E-state index in [1.54, 1.807) is 11.6 Å². The van der Waals surface area contributed by atoms with E-state index < -0.39 is 0 Å². The fourth-order valence-electron chi connectivity index (χ4n) is 1.56. The van der Waals surface area contributed by atoms with Gasteiger partial charge in [0.1, 0.15) is 5.78 Å². The van der Waals surface area contributed by atoms with E-state index in [0.717, 1.165) is 12.3 Å². The van der Waals surface area contributed by atoms with Crippen LogP contribution in [-0.2, 0) is 27.2 Å². The summed E-state index contributed by atoms with van der Waals surface area (Å²) in [6, 6.07) is 0. The molecule has 0 saturated carbocycles. The summed E-state index contributed by atoms with van der Waals surface area (Å²) in [4.78, 5) is 10.9. The van der Waals surface area contributed by atoms with Gasteiger partial charge in [0.25, 0.3) is 0 Å². The number of ether oxygens (including phenoxy) is 2. The van der Waals surface area contributed by atoms with Gasteiger partial charge in [-0.15, -0.1) is 5.10 Å². The van der Waals surface area contributed by atoms with Crippen LogP contribution in [-0.4, -0.2) is 47.2 Å². The van der Waals surface area contributed by atoms with E-state index in [9.17, 15) is 4.79 Å². The first-order chi connectivity index (χ1) is 9.58. The predicted molar refractivity (Wildman–Crippen MR) is 75.5 cm³/mol. The van der Waals surface area contributed by atoms with E-state index >= 15 is 0 Å². The average Bonchev–Trinajstić information content (AvgIpc) is 2.83. The standard InChI is InChI=1S/C14H25N3O3/c1-12(2)11-20-9-8-19-7-6-17-10-14(15-16-17)5-4-13(3)18/h10,12H,4-9,11H2,1-3H3. The maximum atomic E-state index is 10.9. The molecule has 1 aromatic heterocycles. The van der Waals surface area contributed by atoms with Crippen molar-refractivity contribution in [1.29, 1.82) is 0 Å². The Kier molecular flexibility index (Phi) is 8.06. The number of hydrogen-bond acceptors (Lipinski definition) is 5. The van der Waals surface area contributed by atoms with Crippen molar-refractivity contribution < 1.29 is 14.3 Å². The molecule has 0 aliphatic carbocycles. The molecule has 0 aromatic carbocycles. The van der Waals surface area contributed by atoms with Crippen molar-refractivity contribution in [2.45, 2.75) is 40.2 Å². The van der Waals surface area contributed by atoms with Crippen LogP contribution in [0, 0.1) is 5.92 Å². The van der Waals surface area contributed by atoms with Gasteiger partial charge in [-0.05, 0) is 19.3 Å². The molecule has 0 fully saturated rings. The summed E-state index contributed by atoms with van der Waals surface area (Å²) in [5, 5.41) is 8.01. The van der Waals surface area contributed by atoms with Gasteiger partial charge >= 0.3 is 0 Å². The summed E-state index contributed by atoms with van der Waals surface area (Å²) >= 11 is 0. The van der Waals surface area contributed by atoms with Gasteiger partial charge in [-0.1, -0.05) is 19.1 Å². The number of ketones is 1. The first-order valence-electron chi connectivity index (χ1n) is 7.12. The van der Waals surface area contributed by atoms with Crippen LogP contribution in [0.4, 0.5) is 0 Å². The Balaban J connectivity index is 2.06. The van der Waals surface area contributed by atoms with Crippen molar-refractivity contribution in [2.75, 3.05) is 26.4 Å². The quantitative estimate of drug-likeness (QED) is 0.576. The SMILES string of the molecule is CC(=O)CCc1cn(CCOCCOCC(C)C)nn1. The predicted octanol–water partition coefficient (Wildman–Crippen LogP) is 1.49. The zero-order valence-electron chi connectivity index (χ0n) is 12.7. The molecule has 1 heterocycles. The Hall–Kier alpha value is -1.27. The molecule has 0 unspecified atom stereocenters. The molecule has 0 spiro atoms. The minimum Gasteiger partial charge on any atom is -0.379 e. The normalized spacial score (nSPS) is 11.2. The highest BCUT2D eigenvalue weighted by atomic mass is 16.5. The van der Waals surface area contributed by atoms with E-state index in [2.05, 4.69) is 24.2 Å². The average molecular weight is 283 g/mol. The van der Waals surface area contributed by atoms with Crippen LogP contribution in [0.1, 0.15) is 32.9 Å². The molecule has 0 N–H and O–H groups in total. The second-order valence-electron chi connectivity index (χ2n) is 5.26. The van der Waals surface area contributed by atoms with E-state index in [1.165, 1.54) is 0 Å². The van der Waals surface area contributed by atoms with E-state index in [1.807, 2.05) is 6.20 Å². The van der Waals surface area contributed by atoms with Crippen LogP contribution in [0.5, 0.6) is 0 Å². The largest absolute Gasteiger partial charge is 0.379 e. The van der Waals surface area contributed by atoms with Gasteiger partial charge < -0.3 is 14.3 Å². The van der Waals surface area contributed by atoms with Gasteiger partial charge in [0.2, 0.25) is 0 Å². The monoisotopic (exact) mass is 283 g/mol. The van der Waals surface area contributed by atoms with Crippen molar-refractivity contribution in [3.63, 3.8) is 0 Å². The highest BCUT2D eigenvalue weighted by Gasteiger charge is 2.02. The summed E-state index contributed by atoms with van der Waals surface area (Å²) in [7, 11) is 0. The number of rotatable bonds is 11. The van der Waals surface area contributed by atoms with Crippen molar-refractivity contribution in [2.24, 2.45) is 5.92 Å². The number of carbonyl (C=O) groups is 1. The minimum atomic E-state index is 0.171. The van der Waals surface area contributed by atoms with Crippen molar-refractivity contribution >= 4 is 5.78 Å². The lowest BCUT2D eigenvalue weighted by Crippen LogP contribution is -2.12. The number of aromatic nitrogens is 3. The van der Waals surface area contributed by atoms with Crippen LogP contribution >= 0.6 is 0 Å². The van der Waals surface area contributed by atoms with Crippen molar-refractivity contribution in [1.82, 2.24) is 15.0 Å². The molecular formula is C14H25N3O3. The smallest absolute Gasteiger partial charge is 0.130 e. The fourth-order valence-corrected chi connectivity index (χ4v) is 1.56. The van der Waals surface area contributed by atoms with E-state index in [0.29, 0.717) is 45.1 Å². The maximum Gasteiger partial charge on any atom is 0.130 e. The molecule has 0 saturated heterocycles. The molecule has 0 radical (unpaired) electrons. The maximum absolute atomic E-state index is 10.9. The van der Waals surface area contributed by atoms with Gasteiger partial charge in [-0.25, -0.2) is 4.68 Å². The molecule has 20 heavy (non-hydrogen) atoms. The summed E-state index contributed by atoms with van der Waals surface area (Å²) in [5.74, 6) is 0.725. The van der Waals surface area contributed by atoms with Crippen LogP contribution in [0.3, 0.4) is 0 Å². The highest BCUT2D eigenvalue weighted by molar-refractivity contribution is 5.75. The topological polar surface area (TPSA) is 66.2 Å². The van der Waals surface area contributed by atoms with E-state index in [4.69, 9.17) is 9.47 Å². The Labute approximate surface area is 120 Å². The number of hydrogen-bond donors (Lipinski definition) is 0. The van der Waals surface area contributed by atoms with Crippen molar-refractivity contribution in [3.8, 4) is 0 Å². The van der Waals surface area contributed by atoms with Crippen LogP contribution < -0.4 is 0 Å². The molecule has 6 heteroatoms. The molecule has 0 aliphatic heterocycles. The molecule has 0 aliphatic rings.